The zero-order chi connectivity index (χ0) is 15.9. The van der Waals surface area contributed by atoms with E-state index in [0.29, 0.717) is 0 Å². The fourth-order valence-corrected chi connectivity index (χ4v) is 2.19. The van der Waals surface area contributed by atoms with Crippen LogP contribution >= 0.6 is 0 Å². The normalized spacial score (nSPS) is 13.4. The van der Waals surface area contributed by atoms with Crippen molar-refractivity contribution in [2.75, 3.05) is 6.61 Å². The van der Waals surface area contributed by atoms with Gasteiger partial charge in [0.05, 0.1) is 6.61 Å². The lowest BCUT2D eigenvalue weighted by Gasteiger charge is -2.02. The van der Waals surface area contributed by atoms with Crippen LogP contribution in [0.1, 0.15) is 72.1 Å². The van der Waals surface area contributed by atoms with Crippen molar-refractivity contribution >= 4 is 0 Å². The van der Waals surface area contributed by atoms with E-state index in [4.69, 9.17) is 11.5 Å². The third-order valence-corrected chi connectivity index (χ3v) is 3.64. The van der Waals surface area contributed by atoms with Gasteiger partial charge >= 0.3 is 0 Å². The molecule has 0 aromatic carbocycles. The van der Waals surface area contributed by atoms with Crippen molar-refractivity contribution in [1.82, 2.24) is 0 Å². The van der Waals surface area contributed by atoms with Crippen LogP contribution in [0.5, 0.6) is 0 Å². The van der Waals surface area contributed by atoms with Gasteiger partial charge in [-0.25, -0.2) is 0 Å². The predicted octanol–water partition coefficient (Wildman–Crippen LogP) is 5.57. The van der Waals surface area contributed by atoms with E-state index in [1.165, 1.54) is 29.6 Å². The second-order valence-electron chi connectivity index (χ2n) is 5.82. The van der Waals surface area contributed by atoms with E-state index >= 15 is 0 Å². The summed E-state index contributed by atoms with van der Waals surface area (Å²) >= 11 is 0. The molecule has 0 aromatic rings. The van der Waals surface area contributed by atoms with Gasteiger partial charge < -0.3 is 5.11 Å². The highest BCUT2D eigenvalue weighted by molar-refractivity contribution is 5.06. The molecule has 1 N–H and O–H groups in total. The number of rotatable bonds is 11. The van der Waals surface area contributed by atoms with Crippen molar-refractivity contribution < 1.29 is 5.11 Å². The third kappa shape index (κ3) is 13.5. The summed E-state index contributed by atoms with van der Waals surface area (Å²) in [6, 6.07) is 0. The van der Waals surface area contributed by atoms with Gasteiger partial charge in [0.25, 0.3) is 0 Å². The Morgan fingerprint density at radius 2 is 1.38 bits per heavy atom. The first-order chi connectivity index (χ1) is 10.1. The first kappa shape index (κ1) is 19.7. The number of aliphatic hydroxyl groups is 1. The van der Waals surface area contributed by atoms with Crippen LogP contribution in [0.3, 0.4) is 0 Å². The highest BCUT2D eigenvalue weighted by Crippen LogP contribution is 2.13. The molecule has 0 spiro atoms. The number of hydrogen-bond acceptors (Lipinski definition) is 1. The lowest BCUT2D eigenvalue weighted by atomic mass is 10.0. The molecule has 118 valence electrons. The molecule has 0 rings (SSSR count). The van der Waals surface area contributed by atoms with Gasteiger partial charge in [0.2, 0.25) is 0 Å². The Morgan fingerprint density at radius 3 is 1.90 bits per heavy atom. The first-order valence-electron chi connectivity index (χ1n) is 8.11. The van der Waals surface area contributed by atoms with E-state index in [0.717, 1.165) is 38.5 Å². The van der Waals surface area contributed by atoms with Gasteiger partial charge in [0.1, 0.15) is 0 Å². The molecule has 0 saturated heterocycles. The third-order valence-electron chi connectivity index (χ3n) is 3.64. The van der Waals surface area contributed by atoms with Crippen molar-refractivity contribution in [3.8, 4) is 12.3 Å². The molecule has 1 heteroatoms. The van der Waals surface area contributed by atoms with Crippen LogP contribution < -0.4 is 0 Å². The second-order valence-corrected chi connectivity index (χ2v) is 5.82. The quantitative estimate of drug-likeness (QED) is 0.299. The van der Waals surface area contributed by atoms with E-state index in [1.807, 2.05) is 6.08 Å². The topological polar surface area (TPSA) is 20.2 Å². The van der Waals surface area contributed by atoms with Crippen LogP contribution in [0.4, 0.5) is 0 Å². The monoisotopic (exact) mass is 288 g/mol. The smallest absolute Gasteiger partial charge is 0.0614 e. The molecule has 0 radical (unpaired) electrons. The molecule has 0 aliphatic rings. The number of hydrogen-bond donors (Lipinski definition) is 1. The summed E-state index contributed by atoms with van der Waals surface area (Å²) in [6.45, 7) is 6.66. The van der Waals surface area contributed by atoms with E-state index in [2.05, 4.69) is 38.8 Å². The molecule has 0 aliphatic carbocycles. The van der Waals surface area contributed by atoms with Gasteiger partial charge in [-0.15, -0.1) is 12.3 Å². The molecule has 0 unspecified atom stereocenters. The summed E-state index contributed by atoms with van der Waals surface area (Å²) in [5, 5.41) is 8.80. The van der Waals surface area contributed by atoms with Crippen molar-refractivity contribution in [3.05, 3.63) is 34.9 Å². The molecule has 0 fully saturated rings. The zero-order valence-corrected chi connectivity index (χ0v) is 14.1. The minimum atomic E-state index is 0.153. The molecule has 1 nitrogen and oxygen atoms in total. The van der Waals surface area contributed by atoms with Crippen molar-refractivity contribution in [2.24, 2.45) is 0 Å². The standard InChI is InChI=1S/C20H32O/c1-5-6-7-8-11-18(2)12-9-13-19(3)14-10-15-20(4)16-17-21/h1,12,14,16,21H,6-11,13,15,17H2,2-4H3/b18-12+,19-14+,20-16+. The summed E-state index contributed by atoms with van der Waals surface area (Å²) in [7, 11) is 0. The average Bonchev–Trinajstić information content (AvgIpc) is 2.44. The second kappa shape index (κ2) is 13.7. The molecule has 0 amide bonds. The largest absolute Gasteiger partial charge is 0.392 e. The van der Waals surface area contributed by atoms with E-state index in [1.54, 1.807) is 0 Å². The van der Waals surface area contributed by atoms with Gasteiger partial charge in [0, 0.05) is 6.42 Å². The predicted molar refractivity (Wildman–Crippen MR) is 94.1 cm³/mol. The molecule has 0 atom stereocenters. The summed E-state index contributed by atoms with van der Waals surface area (Å²) in [5.41, 5.74) is 4.22. The van der Waals surface area contributed by atoms with Gasteiger partial charge in [-0.05, 0) is 65.7 Å². The summed E-state index contributed by atoms with van der Waals surface area (Å²) < 4.78 is 0. The SMILES string of the molecule is C#CCCCC/C(C)=C/CC/C(C)=C/CC/C(C)=C/CO. The molecule has 0 saturated carbocycles. The highest BCUT2D eigenvalue weighted by Gasteiger charge is 1.93. The lowest BCUT2D eigenvalue weighted by Crippen LogP contribution is -1.83. The Balaban J connectivity index is 3.83. The first-order valence-corrected chi connectivity index (χ1v) is 8.11. The van der Waals surface area contributed by atoms with Crippen LogP contribution in [-0.2, 0) is 0 Å². The van der Waals surface area contributed by atoms with Gasteiger partial charge in [-0.3, -0.25) is 0 Å². The summed E-state index contributed by atoms with van der Waals surface area (Å²) in [5.74, 6) is 2.69. The van der Waals surface area contributed by atoms with Crippen molar-refractivity contribution in [1.29, 1.82) is 0 Å². The minimum absolute atomic E-state index is 0.153. The minimum Gasteiger partial charge on any atom is -0.392 e. The van der Waals surface area contributed by atoms with E-state index < -0.39 is 0 Å². The Bertz CT molecular complexity index is 391. The number of aliphatic hydroxyl groups excluding tert-OH is 1. The van der Waals surface area contributed by atoms with Gasteiger partial charge in [0.15, 0.2) is 0 Å². The van der Waals surface area contributed by atoms with Crippen LogP contribution in [0.25, 0.3) is 0 Å². The fraction of sp³-hybridized carbons (Fsp3) is 0.600. The number of allylic oxidation sites excluding steroid dienone is 5. The fourth-order valence-electron chi connectivity index (χ4n) is 2.19. The van der Waals surface area contributed by atoms with Crippen LogP contribution in [0.15, 0.2) is 34.9 Å². The Morgan fingerprint density at radius 1 is 0.857 bits per heavy atom. The van der Waals surface area contributed by atoms with Crippen molar-refractivity contribution in [2.45, 2.75) is 72.1 Å². The van der Waals surface area contributed by atoms with Crippen LogP contribution in [0.2, 0.25) is 0 Å². The van der Waals surface area contributed by atoms with Crippen molar-refractivity contribution in [3.63, 3.8) is 0 Å². The Hall–Kier alpha value is -1.26. The average molecular weight is 288 g/mol. The highest BCUT2D eigenvalue weighted by atomic mass is 16.2. The summed E-state index contributed by atoms with van der Waals surface area (Å²) in [6.07, 6.45) is 20.6. The Labute approximate surface area is 131 Å². The Kier molecular flexibility index (Phi) is 12.9. The van der Waals surface area contributed by atoms with Gasteiger partial charge in [-0.1, -0.05) is 34.9 Å². The maximum absolute atomic E-state index is 8.80. The maximum atomic E-state index is 8.80. The zero-order valence-electron chi connectivity index (χ0n) is 14.1. The van der Waals surface area contributed by atoms with Crippen LogP contribution in [0, 0.1) is 12.3 Å². The lowest BCUT2D eigenvalue weighted by molar-refractivity contribution is 0.341. The van der Waals surface area contributed by atoms with Gasteiger partial charge in [-0.2, -0.15) is 0 Å². The van der Waals surface area contributed by atoms with E-state index in [9.17, 15) is 0 Å². The molecule has 0 aromatic heterocycles. The number of unbranched alkanes of at least 4 members (excludes halogenated alkanes) is 2. The molecular weight excluding hydrogens is 256 g/mol. The molecule has 0 bridgehead atoms. The molecule has 0 heterocycles. The van der Waals surface area contributed by atoms with E-state index in [-0.39, 0.29) is 6.61 Å². The molecule has 0 aliphatic heterocycles. The summed E-state index contributed by atoms with van der Waals surface area (Å²) in [4.78, 5) is 0. The van der Waals surface area contributed by atoms with Crippen LogP contribution in [-0.4, -0.2) is 11.7 Å². The maximum Gasteiger partial charge on any atom is 0.0614 e. The molecule has 21 heavy (non-hydrogen) atoms. The number of terminal acetylenes is 1. The molecular formula is C20H32O.